The second kappa shape index (κ2) is 3.66. The highest BCUT2D eigenvalue weighted by Gasteiger charge is 2.13. The molecule has 0 unspecified atom stereocenters. The molecule has 2 rings (SSSR count). The second-order valence-electron chi connectivity index (χ2n) is 3.47. The van der Waals surface area contributed by atoms with Gasteiger partial charge in [0.2, 0.25) is 0 Å². The van der Waals surface area contributed by atoms with Gasteiger partial charge in [-0.3, -0.25) is 0 Å². The van der Waals surface area contributed by atoms with E-state index >= 15 is 0 Å². The quantitative estimate of drug-likeness (QED) is 0.845. The highest BCUT2D eigenvalue weighted by molar-refractivity contribution is 7.16. The zero-order chi connectivity index (χ0) is 11.0. The van der Waals surface area contributed by atoms with Crippen LogP contribution in [0.4, 0.5) is 5.00 Å². The number of nitrogen functional groups attached to an aromatic ring is 1. The van der Waals surface area contributed by atoms with E-state index in [1.54, 1.807) is 11.3 Å². The molecule has 0 saturated carbocycles. The molecule has 2 heterocycles. The minimum atomic E-state index is 0.822. The Bertz CT molecular complexity index is 484. The van der Waals surface area contributed by atoms with Gasteiger partial charge in [-0.2, -0.15) is 0 Å². The van der Waals surface area contributed by atoms with Crippen molar-refractivity contribution in [2.24, 2.45) is 7.05 Å². The Hall–Kier alpha value is -1.36. The van der Waals surface area contributed by atoms with Gasteiger partial charge in [0.25, 0.3) is 0 Å². The first-order valence-corrected chi connectivity index (χ1v) is 5.69. The van der Waals surface area contributed by atoms with Crippen molar-refractivity contribution in [3.8, 4) is 11.4 Å². The van der Waals surface area contributed by atoms with Crippen LogP contribution in [0.5, 0.6) is 0 Å². The minimum Gasteiger partial charge on any atom is -0.390 e. The van der Waals surface area contributed by atoms with Gasteiger partial charge < -0.3 is 10.3 Å². The summed E-state index contributed by atoms with van der Waals surface area (Å²) in [5.74, 6) is 1.74. The summed E-state index contributed by atoms with van der Waals surface area (Å²) in [5, 5.41) is 8.99. The van der Waals surface area contributed by atoms with E-state index < -0.39 is 0 Å². The largest absolute Gasteiger partial charge is 0.390 e. The van der Waals surface area contributed by atoms with Gasteiger partial charge in [-0.1, -0.05) is 6.92 Å². The van der Waals surface area contributed by atoms with Crippen molar-refractivity contribution in [3.63, 3.8) is 0 Å². The van der Waals surface area contributed by atoms with Gasteiger partial charge in [0, 0.05) is 11.9 Å². The first-order valence-electron chi connectivity index (χ1n) is 4.88. The van der Waals surface area contributed by atoms with E-state index in [2.05, 4.69) is 23.2 Å². The molecule has 0 amide bonds. The molecule has 4 nitrogen and oxygen atoms in total. The van der Waals surface area contributed by atoms with Crippen LogP contribution in [0.2, 0.25) is 0 Å². The van der Waals surface area contributed by atoms with Gasteiger partial charge >= 0.3 is 0 Å². The molecular weight excluding hydrogens is 208 g/mol. The lowest BCUT2D eigenvalue weighted by Crippen LogP contribution is -1.95. The van der Waals surface area contributed by atoms with Crippen LogP contribution in [0.1, 0.15) is 17.6 Å². The van der Waals surface area contributed by atoms with Gasteiger partial charge in [0.1, 0.15) is 5.82 Å². The fraction of sp³-hybridized carbons (Fsp3) is 0.400. The molecule has 5 heteroatoms. The number of anilines is 1. The first kappa shape index (κ1) is 10.2. The Labute approximate surface area is 92.8 Å². The van der Waals surface area contributed by atoms with Crippen molar-refractivity contribution in [2.45, 2.75) is 20.3 Å². The summed E-state index contributed by atoms with van der Waals surface area (Å²) in [4.78, 5) is 1.28. The normalized spacial score (nSPS) is 10.9. The summed E-state index contributed by atoms with van der Waals surface area (Å²) >= 11 is 1.62. The Morgan fingerprint density at radius 1 is 1.47 bits per heavy atom. The zero-order valence-corrected chi connectivity index (χ0v) is 9.93. The van der Waals surface area contributed by atoms with Crippen molar-refractivity contribution in [1.29, 1.82) is 0 Å². The standard InChI is InChI=1S/C10H14N4S/c1-4-7-5-8(9(11)15-7)10-13-12-6(2)14(10)3/h5H,4,11H2,1-3H3. The summed E-state index contributed by atoms with van der Waals surface area (Å²) in [7, 11) is 1.95. The number of nitrogens with two attached hydrogens (primary N) is 1. The van der Waals surface area contributed by atoms with E-state index in [0.717, 1.165) is 28.6 Å². The molecule has 0 saturated heterocycles. The third-order valence-corrected chi connectivity index (χ3v) is 3.60. The number of nitrogens with zero attached hydrogens (tertiary/aromatic N) is 3. The van der Waals surface area contributed by atoms with Gasteiger partial charge in [-0.05, 0) is 19.4 Å². The highest BCUT2D eigenvalue weighted by atomic mass is 32.1. The van der Waals surface area contributed by atoms with E-state index in [4.69, 9.17) is 5.73 Å². The van der Waals surface area contributed by atoms with Crippen LogP contribution in [-0.2, 0) is 13.5 Å². The zero-order valence-electron chi connectivity index (χ0n) is 9.11. The summed E-state index contributed by atoms with van der Waals surface area (Å²) in [6.07, 6.45) is 1.01. The maximum atomic E-state index is 5.96. The second-order valence-corrected chi connectivity index (χ2v) is 4.64. The van der Waals surface area contributed by atoms with Crippen molar-refractivity contribution >= 4 is 16.3 Å². The molecule has 0 spiro atoms. The number of thiophene rings is 1. The molecule has 15 heavy (non-hydrogen) atoms. The monoisotopic (exact) mass is 222 g/mol. The van der Waals surface area contributed by atoms with Crippen LogP contribution in [0.3, 0.4) is 0 Å². The predicted octanol–water partition coefficient (Wildman–Crippen LogP) is 2.00. The molecule has 0 aliphatic carbocycles. The van der Waals surface area contributed by atoms with Crippen LogP contribution in [0.15, 0.2) is 6.07 Å². The third-order valence-electron chi connectivity index (χ3n) is 2.49. The fourth-order valence-corrected chi connectivity index (χ4v) is 2.31. The van der Waals surface area contributed by atoms with Crippen molar-refractivity contribution in [3.05, 3.63) is 16.8 Å². The maximum absolute atomic E-state index is 5.96. The average Bonchev–Trinajstić information content (AvgIpc) is 2.73. The summed E-state index contributed by atoms with van der Waals surface area (Å²) in [5.41, 5.74) is 6.96. The lowest BCUT2D eigenvalue weighted by atomic mass is 10.2. The molecule has 0 aliphatic heterocycles. The summed E-state index contributed by atoms with van der Waals surface area (Å²) in [6, 6.07) is 2.10. The molecule has 0 atom stereocenters. The Balaban J connectivity index is 2.53. The Morgan fingerprint density at radius 2 is 2.20 bits per heavy atom. The number of hydrogen-bond donors (Lipinski definition) is 1. The highest BCUT2D eigenvalue weighted by Crippen LogP contribution is 2.32. The lowest BCUT2D eigenvalue weighted by molar-refractivity contribution is 0.865. The topological polar surface area (TPSA) is 56.7 Å². The lowest BCUT2D eigenvalue weighted by Gasteiger charge is -1.99. The minimum absolute atomic E-state index is 0.822. The first-order chi connectivity index (χ1) is 7.13. The predicted molar refractivity (Wildman–Crippen MR) is 62.8 cm³/mol. The van der Waals surface area contributed by atoms with Gasteiger partial charge in [-0.25, -0.2) is 0 Å². The average molecular weight is 222 g/mol. The molecule has 0 aliphatic rings. The molecule has 0 bridgehead atoms. The van der Waals surface area contributed by atoms with Crippen LogP contribution < -0.4 is 5.73 Å². The number of aromatic nitrogens is 3. The van der Waals surface area contributed by atoms with E-state index in [-0.39, 0.29) is 0 Å². The molecule has 2 N–H and O–H groups in total. The smallest absolute Gasteiger partial charge is 0.166 e. The number of hydrogen-bond acceptors (Lipinski definition) is 4. The number of aryl methyl sites for hydroxylation is 2. The van der Waals surface area contributed by atoms with Crippen LogP contribution in [0.25, 0.3) is 11.4 Å². The maximum Gasteiger partial charge on any atom is 0.166 e. The van der Waals surface area contributed by atoms with Crippen molar-refractivity contribution < 1.29 is 0 Å². The number of rotatable bonds is 2. The molecule has 2 aromatic rings. The van der Waals surface area contributed by atoms with Crippen LogP contribution in [0, 0.1) is 6.92 Å². The van der Waals surface area contributed by atoms with Gasteiger partial charge in [-0.15, -0.1) is 21.5 Å². The molecule has 0 fully saturated rings. The van der Waals surface area contributed by atoms with Gasteiger partial charge in [0.05, 0.1) is 10.6 Å². The van der Waals surface area contributed by atoms with Gasteiger partial charge in [0.15, 0.2) is 5.82 Å². The van der Waals surface area contributed by atoms with E-state index in [1.165, 1.54) is 4.88 Å². The fourth-order valence-electron chi connectivity index (χ4n) is 1.45. The van der Waals surface area contributed by atoms with Crippen molar-refractivity contribution in [1.82, 2.24) is 14.8 Å². The van der Waals surface area contributed by atoms with Crippen LogP contribution >= 0.6 is 11.3 Å². The molecule has 80 valence electrons. The molecule has 2 aromatic heterocycles. The Morgan fingerprint density at radius 3 is 2.67 bits per heavy atom. The van der Waals surface area contributed by atoms with Crippen LogP contribution in [-0.4, -0.2) is 14.8 Å². The third kappa shape index (κ3) is 1.63. The summed E-state index contributed by atoms with van der Waals surface area (Å²) in [6.45, 7) is 4.05. The Kier molecular flexibility index (Phi) is 2.48. The van der Waals surface area contributed by atoms with E-state index in [9.17, 15) is 0 Å². The van der Waals surface area contributed by atoms with Crippen molar-refractivity contribution in [2.75, 3.05) is 5.73 Å². The molecule has 0 aromatic carbocycles. The molecular formula is C10H14N4S. The van der Waals surface area contributed by atoms with E-state index in [1.807, 2.05) is 18.5 Å². The van der Waals surface area contributed by atoms with E-state index in [0.29, 0.717) is 0 Å². The molecule has 0 radical (unpaired) electrons. The SMILES string of the molecule is CCc1cc(-c2nnc(C)n2C)c(N)s1. The summed E-state index contributed by atoms with van der Waals surface area (Å²) < 4.78 is 1.96.